The van der Waals surface area contributed by atoms with Crippen LogP contribution in [-0.2, 0) is 11.3 Å². The molecule has 0 atom stereocenters. The second-order valence-electron chi connectivity index (χ2n) is 6.83. The minimum absolute atomic E-state index is 0.0845. The number of ether oxygens (including phenoxy) is 1. The number of carbonyl (C=O) groups excluding carboxylic acids is 1. The number of hydrogen-bond donors (Lipinski definition) is 1. The standard InChI is InChI=1S/C22H28N4O2/c1-2-28-21-10-8-19(9-11-21)16-23-24-22(27)18-26-14-12-25(13-15-26)17-20-6-4-3-5-7-20/h3-11,16H,2,12-15,17-18H2,1H3,(H,24,27)/b23-16+. The highest BCUT2D eigenvalue weighted by Gasteiger charge is 2.18. The van der Waals surface area contributed by atoms with Gasteiger partial charge in [-0.2, -0.15) is 5.10 Å². The van der Waals surface area contributed by atoms with Crippen LogP contribution in [0.25, 0.3) is 0 Å². The highest BCUT2D eigenvalue weighted by Crippen LogP contribution is 2.11. The molecule has 148 valence electrons. The van der Waals surface area contributed by atoms with Gasteiger partial charge in [-0.3, -0.25) is 14.6 Å². The number of benzene rings is 2. The van der Waals surface area contributed by atoms with E-state index in [9.17, 15) is 4.79 Å². The van der Waals surface area contributed by atoms with Crippen LogP contribution in [0.5, 0.6) is 5.75 Å². The van der Waals surface area contributed by atoms with Gasteiger partial charge in [0.25, 0.3) is 5.91 Å². The Kier molecular flexibility index (Phi) is 7.58. The van der Waals surface area contributed by atoms with Crippen LogP contribution < -0.4 is 10.2 Å². The molecule has 2 aromatic rings. The molecule has 6 heteroatoms. The van der Waals surface area contributed by atoms with E-state index in [1.807, 2.05) is 37.3 Å². The van der Waals surface area contributed by atoms with Gasteiger partial charge in [0.2, 0.25) is 0 Å². The summed E-state index contributed by atoms with van der Waals surface area (Å²) in [6, 6.07) is 18.1. The normalized spacial score (nSPS) is 15.6. The molecule has 1 saturated heterocycles. The van der Waals surface area contributed by atoms with Crippen molar-refractivity contribution in [1.82, 2.24) is 15.2 Å². The number of hydrogen-bond acceptors (Lipinski definition) is 5. The predicted octanol–water partition coefficient (Wildman–Crippen LogP) is 2.35. The van der Waals surface area contributed by atoms with Crippen molar-refractivity contribution in [3.63, 3.8) is 0 Å². The number of nitrogens with one attached hydrogen (secondary N) is 1. The second kappa shape index (κ2) is 10.6. The molecule has 1 aliphatic heterocycles. The molecule has 0 aromatic heterocycles. The first-order valence-corrected chi connectivity index (χ1v) is 9.76. The van der Waals surface area contributed by atoms with Crippen molar-refractivity contribution in [3.05, 3.63) is 65.7 Å². The van der Waals surface area contributed by atoms with Gasteiger partial charge in [0, 0.05) is 32.7 Å². The Morgan fingerprint density at radius 2 is 1.71 bits per heavy atom. The Bertz CT molecular complexity index is 754. The van der Waals surface area contributed by atoms with Crippen LogP contribution in [0.1, 0.15) is 18.1 Å². The number of rotatable bonds is 8. The highest BCUT2D eigenvalue weighted by atomic mass is 16.5. The van der Waals surface area contributed by atoms with E-state index in [-0.39, 0.29) is 5.91 Å². The molecule has 2 aromatic carbocycles. The van der Waals surface area contributed by atoms with Crippen LogP contribution in [-0.4, -0.2) is 61.3 Å². The van der Waals surface area contributed by atoms with Crippen LogP contribution in [0.2, 0.25) is 0 Å². The Morgan fingerprint density at radius 1 is 1.04 bits per heavy atom. The van der Waals surface area contributed by atoms with E-state index < -0.39 is 0 Å². The summed E-state index contributed by atoms with van der Waals surface area (Å²) in [5.74, 6) is 0.744. The first-order chi connectivity index (χ1) is 13.7. The molecule has 1 heterocycles. The van der Waals surface area contributed by atoms with Crippen LogP contribution in [0.4, 0.5) is 0 Å². The molecule has 1 aliphatic rings. The van der Waals surface area contributed by atoms with Crippen LogP contribution in [0.15, 0.2) is 59.7 Å². The lowest BCUT2D eigenvalue weighted by atomic mass is 10.2. The minimum atomic E-state index is -0.0845. The number of carbonyl (C=O) groups is 1. The molecule has 0 aliphatic carbocycles. The summed E-state index contributed by atoms with van der Waals surface area (Å²) in [5.41, 5.74) is 4.86. The predicted molar refractivity (Wildman–Crippen MR) is 112 cm³/mol. The third kappa shape index (κ3) is 6.48. The third-order valence-corrected chi connectivity index (χ3v) is 4.68. The molecule has 28 heavy (non-hydrogen) atoms. The Labute approximate surface area is 166 Å². The first kappa shape index (κ1) is 20.0. The van der Waals surface area contributed by atoms with Gasteiger partial charge in [-0.1, -0.05) is 30.3 Å². The van der Waals surface area contributed by atoms with Crippen molar-refractivity contribution in [1.29, 1.82) is 0 Å². The SMILES string of the molecule is CCOc1ccc(/C=N/NC(=O)CN2CCN(Cc3ccccc3)CC2)cc1. The Hall–Kier alpha value is -2.70. The van der Waals surface area contributed by atoms with Gasteiger partial charge in [-0.05, 0) is 42.3 Å². The molecule has 0 unspecified atom stereocenters. The highest BCUT2D eigenvalue weighted by molar-refractivity contribution is 5.83. The van der Waals surface area contributed by atoms with Crippen LogP contribution >= 0.6 is 0 Å². The average Bonchev–Trinajstić information content (AvgIpc) is 2.72. The van der Waals surface area contributed by atoms with E-state index in [2.05, 4.69) is 44.6 Å². The molecule has 6 nitrogen and oxygen atoms in total. The summed E-state index contributed by atoms with van der Waals surface area (Å²) < 4.78 is 5.41. The maximum atomic E-state index is 12.1. The molecule has 0 radical (unpaired) electrons. The summed E-state index contributed by atoms with van der Waals surface area (Å²) in [6.07, 6.45) is 1.64. The zero-order valence-electron chi connectivity index (χ0n) is 16.4. The smallest absolute Gasteiger partial charge is 0.254 e. The maximum absolute atomic E-state index is 12.1. The second-order valence-corrected chi connectivity index (χ2v) is 6.83. The topological polar surface area (TPSA) is 57.2 Å². The van der Waals surface area contributed by atoms with Crippen LogP contribution in [0.3, 0.4) is 0 Å². The Balaban J connectivity index is 1.36. The van der Waals surface area contributed by atoms with E-state index in [1.165, 1.54) is 5.56 Å². The molecule has 0 bridgehead atoms. The number of nitrogens with zero attached hydrogens (tertiary/aromatic N) is 3. The Morgan fingerprint density at radius 3 is 2.39 bits per heavy atom. The molecule has 1 amide bonds. The minimum Gasteiger partial charge on any atom is -0.494 e. The van der Waals surface area contributed by atoms with Crippen molar-refractivity contribution >= 4 is 12.1 Å². The fourth-order valence-corrected chi connectivity index (χ4v) is 3.18. The summed E-state index contributed by atoms with van der Waals surface area (Å²) in [7, 11) is 0. The lowest BCUT2D eigenvalue weighted by Gasteiger charge is -2.34. The molecular formula is C22H28N4O2. The maximum Gasteiger partial charge on any atom is 0.254 e. The largest absolute Gasteiger partial charge is 0.494 e. The van der Waals surface area contributed by atoms with Gasteiger partial charge in [0.1, 0.15) is 5.75 Å². The number of amides is 1. The first-order valence-electron chi connectivity index (χ1n) is 9.76. The molecule has 1 N–H and O–H groups in total. The van der Waals surface area contributed by atoms with E-state index >= 15 is 0 Å². The molecular weight excluding hydrogens is 352 g/mol. The summed E-state index contributed by atoms with van der Waals surface area (Å²) in [5, 5.41) is 4.05. The fraction of sp³-hybridized carbons (Fsp3) is 0.364. The fourth-order valence-electron chi connectivity index (χ4n) is 3.18. The molecule has 0 spiro atoms. The summed E-state index contributed by atoms with van der Waals surface area (Å²) in [6.45, 7) is 7.66. The lowest BCUT2D eigenvalue weighted by molar-refractivity contribution is -0.122. The lowest BCUT2D eigenvalue weighted by Crippen LogP contribution is -2.48. The van der Waals surface area contributed by atoms with Crippen molar-refractivity contribution in [2.45, 2.75) is 13.5 Å². The van der Waals surface area contributed by atoms with Gasteiger partial charge < -0.3 is 4.74 Å². The monoisotopic (exact) mass is 380 g/mol. The average molecular weight is 380 g/mol. The quantitative estimate of drug-likeness (QED) is 0.564. The van der Waals surface area contributed by atoms with E-state index in [1.54, 1.807) is 6.21 Å². The van der Waals surface area contributed by atoms with Crippen LogP contribution in [0, 0.1) is 0 Å². The van der Waals surface area contributed by atoms with E-state index in [0.717, 1.165) is 44.0 Å². The van der Waals surface area contributed by atoms with Gasteiger partial charge in [0.15, 0.2) is 0 Å². The van der Waals surface area contributed by atoms with Gasteiger partial charge in [-0.25, -0.2) is 5.43 Å². The molecule has 1 fully saturated rings. The van der Waals surface area contributed by atoms with Gasteiger partial charge >= 0.3 is 0 Å². The van der Waals surface area contributed by atoms with Crippen molar-refractivity contribution < 1.29 is 9.53 Å². The zero-order valence-corrected chi connectivity index (χ0v) is 16.4. The van der Waals surface area contributed by atoms with E-state index in [0.29, 0.717) is 13.2 Å². The zero-order chi connectivity index (χ0) is 19.6. The summed E-state index contributed by atoms with van der Waals surface area (Å²) in [4.78, 5) is 16.7. The third-order valence-electron chi connectivity index (χ3n) is 4.68. The summed E-state index contributed by atoms with van der Waals surface area (Å²) >= 11 is 0. The van der Waals surface area contributed by atoms with Crippen molar-refractivity contribution in [3.8, 4) is 5.75 Å². The van der Waals surface area contributed by atoms with Crippen molar-refractivity contribution in [2.24, 2.45) is 5.10 Å². The van der Waals surface area contributed by atoms with E-state index in [4.69, 9.17) is 4.74 Å². The van der Waals surface area contributed by atoms with Gasteiger partial charge in [-0.15, -0.1) is 0 Å². The van der Waals surface area contributed by atoms with Crippen molar-refractivity contribution in [2.75, 3.05) is 39.3 Å². The van der Waals surface area contributed by atoms with Gasteiger partial charge in [0.05, 0.1) is 19.4 Å². The molecule has 0 saturated carbocycles. The number of piperazine rings is 1. The molecule has 3 rings (SSSR count). The number of hydrazone groups is 1.